The second kappa shape index (κ2) is 8.12. The summed E-state index contributed by atoms with van der Waals surface area (Å²) in [5, 5.41) is 3.54. The summed E-state index contributed by atoms with van der Waals surface area (Å²) in [6.07, 6.45) is 5.75. The normalized spacial score (nSPS) is 13.7. The molecule has 1 N–H and O–H groups in total. The number of nitrogens with zero attached hydrogens (tertiary/aromatic N) is 2. The molecule has 0 saturated carbocycles. The van der Waals surface area contributed by atoms with E-state index in [-0.39, 0.29) is 11.8 Å². The van der Waals surface area contributed by atoms with E-state index in [1.807, 2.05) is 24.3 Å². The van der Waals surface area contributed by atoms with Gasteiger partial charge in [0, 0.05) is 37.1 Å². The molecule has 0 atom stereocenters. The van der Waals surface area contributed by atoms with Crippen LogP contribution in [0, 0.1) is 0 Å². The summed E-state index contributed by atoms with van der Waals surface area (Å²) in [7, 11) is 0. The average Bonchev–Trinajstić information content (AvgIpc) is 3.16. The number of nitrogens with one attached hydrogen (secondary N) is 1. The van der Waals surface area contributed by atoms with E-state index < -0.39 is 0 Å². The van der Waals surface area contributed by atoms with Crippen LogP contribution >= 0.6 is 11.6 Å². The Bertz CT molecular complexity index is 773. The number of hydrogen-bond acceptors (Lipinski definition) is 3. The number of aromatic nitrogens is 1. The van der Waals surface area contributed by atoms with Gasteiger partial charge in [-0.3, -0.25) is 14.6 Å². The van der Waals surface area contributed by atoms with E-state index >= 15 is 0 Å². The van der Waals surface area contributed by atoms with Crippen molar-refractivity contribution in [1.82, 2.24) is 15.2 Å². The molecule has 2 aromatic rings. The molecule has 0 bridgehead atoms. The predicted octanol–water partition coefficient (Wildman–Crippen LogP) is 2.94. The number of likely N-dealkylation sites (tertiary alicyclic amines) is 1. The maximum Gasteiger partial charge on any atom is 0.255 e. The minimum atomic E-state index is -0.231. The van der Waals surface area contributed by atoms with Crippen LogP contribution in [0.5, 0.6) is 0 Å². The molecule has 5 nitrogen and oxygen atoms in total. The maximum atomic E-state index is 12.4. The van der Waals surface area contributed by atoms with E-state index in [1.165, 1.54) is 12.4 Å². The molecular weight excluding hydrogens is 338 g/mol. The van der Waals surface area contributed by atoms with Crippen LogP contribution < -0.4 is 5.32 Å². The van der Waals surface area contributed by atoms with Gasteiger partial charge in [0.25, 0.3) is 11.8 Å². The van der Waals surface area contributed by atoms with E-state index in [0.29, 0.717) is 29.1 Å². The Morgan fingerprint density at radius 3 is 2.64 bits per heavy atom. The Morgan fingerprint density at radius 2 is 1.88 bits per heavy atom. The van der Waals surface area contributed by atoms with Gasteiger partial charge >= 0.3 is 0 Å². The second-order valence-corrected chi connectivity index (χ2v) is 6.53. The largest absolute Gasteiger partial charge is 0.352 e. The van der Waals surface area contributed by atoms with Gasteiger partial charge in [-0.15, -0.1) is 0 Å². The molecule has 130 valence electrons. The molecule has 6 heteroatoms. The SMILES string of the molecule is O=C(NCCc1cccc(Cl)c1)c1cncc(C(=O)N2CCCC2)c1. The Hall–Kier alpha value is -2.40. The number of carbonyl (C=O) groups excluding carboxylic acids is 2. The third-order valence-corrected chi connectivity index (χ3v) is 4.46. The average molecular weight is 358 g/mol. The van der Waals surface area contributed by atoms with Crippen molar-refractivity contribution in [2.45, 2.75) is 19.3 Å². The van der Waals surface area contributed by atoms with Crippen LogP contribution in [0.1, 0.15) is 39.1 Å². The summed E-state index contributed by atoms with van der Waals surface area (Å²) < 4.78 is 0. The molecule has 1 aliphatic heterocycles. The van der Waals surface area contributed by atoms with Crippen LogP contribution in [0.3, 0.4) is 0 Å². The van der Waals surface area contributed by atoms with Gasteiger partial charge < -0.3 is 10.2 Å². The van der Waals surface area contributed by atoms with Crippen molar-refractivity contribution in [3.05, 3.63) is 64.4 Å². The predicted molar refractivity (Wildman–Crippen MR) is 96.9 cm³/mol. The van der Waals surface area contributed by atoms with Crippen LogP contribution in [0.2, 0.25) is 5.02 Å². The fourth-order valence-electron chi connectivity index (χ4n) is 2.90. The first-order valence-corrected chi connectivity index (χ1v) is 8.78. The lowest BCUT2D eigenvalue weighted by atomic mass is 10.1. The van der Waals surface area contributed by atoms with Gasteiger partial charge in [-0.05, 0) is 43.0 Å². The van der Waals surface area contributed by atoms with Crippen LogP contribution in [-0.2, 0) is 6.42 Å². The third-order valence-electron chi connectivity index (χ3n) is 4.23. The van der Waals surface area contributed by atoms with Crippen molar-refractivity contribution in [3.63, 3.8) is 0 Å². The first-order valence-electron chi connectivity index (χ1n) is 8.40. The maximum absolute atomic E-state index is 12.4. The summed E-state index contributed by atoms with van der Waals surface area (Å²) in [5.41, 5.74) is 1.92. The van der Waals surface area contributed by atoms with E-state index in [2.05, 4.69) is 10.3 Å². The first kappa shape index (κ1) is 17.4. The van der Waals surface area contributed by atoms with E-state index in [0.717, 1.165) is 31.5 Å². The van der Waals surface area contributed by atoms with Crippen molar-refractivity contribution in [3.8, 4) is 0 Å². The van der Waals surface area contributed by atoms with Gasteiger partial charge in [0.2, 0.25) is 0 Å². The standard InChI is InChI=1S/C19H20ClN3O2/c20-17-5-3-4-14(10-17)6-7-22-18(24)15-11-16(13-21-12-15)19(25)23-8-1-2-9-23/h3-5,10-13H,1-2,6-9H2,(H,22,24). The van der Waals surface area contributed by atoms with Crippen LogP contribution in [0.4, 0.5) is 0 Å². The number of rotatable bonds is 5. The van der Waals surface area contributed by atoms with E-state index in [4.69, 9.17) is 11.6 Å². The van der Waals surface area contributed by atoms with Crippen LogP contribution in [0.25, 0.3) is 0 Å². The molecule has 1 aliphatic rings. The molecule has 0 aliphatic carbocycles. The van der Waals surface area contributed by atoms with Gasteiger partial charge in [0.15, 0.2) is 0 Å². The van der Waals surface area contributed by atoms with Gasteiger partial charge in [0.05, 0.1) is 11.1 Å². The molecule has 2 heterocycles. The summed E-state index contributed by atoms with van der Waals surface area (Å²) >= 11 is 5.95. The number of hydrogen-bond donors (Lipinski definition) is 1. The zero-order valence-corrected chi connectivity index (χ0v) is 14.6. The Balaban J connectivity index is 1.58. The second-order valence-electron chi connectivity index (χ2n) is 6.10. The van der Waals surface area contributed by atoms with Gasteiger partial charge in [-0.25, -0.2) is 0 Å². The van der Waals surface area contributed by atoms with Crippen molar-refractivity contribution < 1.29 is 9.59 Å². The molecule has 0 unspecified atom stereocenters. The highest BCUT2D eigenvalue weighted by Crippen LogP contribution is 2.13. The van der Waals surface area contributed by atoms with E-state index in [9.17, 15) is 9.59 Å². The number of amides is 2. The topological polar surface area (TPSA) is 62.3 Å². The van der Waals surface area contributed by atoms with Gasteiger partial charge in [-0.1, -0.05) is 23.7 Å². The van der Waals surface area contributed by atoms with Crippen molar-refractivity contribution in [1.29, 1.82) is 0 Å². The van der Waals surface area contributed by atoms with Crippen molar-refractivity contribution >= 4 is 23.4 Å². The molecule has 3 rings (SSSR count). The lowest BCUT2D eigenvalue weighted by molar-refractivity contribution is 0.0792. The van der Waals surface area contributed by atoms with Crippen molar-refractivity contribution in [2.75, 3.05) is 19.6 Å². The molecule has 1 aromatic carbocycles. The molecule has 0 spiro atoms. The molecular formula is C19H20ClN3O2. The zero-order valence-electron chi connectivity index (χ0n) is 13.9. The highest BCUT2D eigenvalue weighted by molar-refractivity contribution is 6.30. The number of benzene rings is 1. The van der Waals surface area contributed by atoms with Gasteiger partial charge in [0.1, 0.15) is 0 Å². The quantitative estimate of drug-likeness (QED) is 0.894. The Morgan fingerprint density at radius 1 is 1.12 bits per heavy atom. The summed E-state index contributed by atoms with van der Waals surface area (Å²) in [5.74, 6) is -0.288. The Kier molecular flexibility index (Phi) is 5.66. The lowest BCUT2D eigenvalue weighted by Crippen LogP contribution is -2.29. The number of halogens is 1. The fourth-order valence-corrected chi connectivity index (χ4v) is 3.11. The van der Waals surface area contributed by atoms with Crippen molar-refractivity contribution in [2.24, 2.45) is 0 Å². The highest BCUT2D eigenvalue weighted by atomic mass is 35.5. The zero-order chi connectivity index (χ0) is 17.6. The van der Waals surface area contributed by atoms with Gasteiger partial charge in [-0.2, -0.15) is 0 Å². The summed E-state index contributed by atoms with van der Waals surface area (Å²) in [6.45, 7) is 2.03. The number of carbonyl (C=O) groups is 2. The molecule has 1 fully saturated rings. The summed E-state index contributed by atoms with van der Waals surface area (Å²) in [6, 6.07) is 9.16. The number of pyridine rings is 1. The minimum absolute atomic E-state index is 0.0569. The smallest absolute Gasteiger partial charge is 0.255 e. The third kappa shape index (κ3) is 4.57. The van der Waals surface area contributed by atoms with E-state index in [1.54, 1.807) is 11.0 Å². The lowest BCUT2D eigenvalue weighted by Gasteiger charge is -2.15. The summed E-state index contributed by atoms with van der Waals surface area (Å²) in [4.78, 5) is 30.5. The van der Waals surface area contributed by atoms with Crippen LogP contribution in [-0.4, -0.2) is 41.3 Å². The molecule has 25 heavy (non-hydrogen) atoms. The minimum Gasteiger partial charge on any atom is -0.352 e. The molecule has 1 saturated heterocycles. The van der Waals surface area contributed by atoms with Crippen LogP contribution in [0.15, 0.2) is 42.7 Å². The molecule has 2 amide bonds. The monoisotopic (exact) mass is 357 g/mol. The highest BCUT2D eigenvalue weighted by Gasteiger charge is 2.20. The molecule has 1 aromatic heterocycles. The Labute approximate surface area is 152 Å². The first-order chi connectivity index (χ1) is 12.1. The fraction of sp³-hybridized carbons (Fsp3) is 0.316. The molecule has 0 radical (unpaired) electrons.